The topological polar surface area (TPSA) is 82.9 Å². The first-order valence-corrected chi connectivity index (χ1v) is 11.5. The van der Waals surface area contributed by atoms with E-state index in [0.29, 0.717) is 31.1 Å². The van der Waals surface area contributed by atoms with Crippen molar-refractivity contribution < 1.29 is 17.6 Å². The average molecular weight is 418 g/mol. The molecular formula is C21H27N3O4S. The van der Waals surface area contributed by atoms with Crippen LogP contribution in [0.25, 0.3) is 0 Å². The Bertz CT molecular complexity index is 960. The Morgan fingerprint density at radius 1 is 1.14 bits per heavy atom. The maximum atomic E-state index is 12.8. The van der Waals surface area contributed by atoms with Crippen LogP contribution >= 0.6 is 0 Å². The van der Waals surface area contributed by atoms with Gasteiger partial charge >= 0.3 is 0 Å². The smallest absolute Gasteiger partial charge is 0.243 e. The van der Waals surface area contributed by atoms with E-state index in [-0.39, 0.29) is 18.5 Å². The lowest BCUT2D eigenvalue weighted by molar-refractivity contribution is -0.123. The van der Waals surface area contributed by atoms with E-state index in [9.17, 15) is 13.2 Å². The van der Waals surface area contributed by atoms with Crippen molar-refractivity contribution in [3.8, 4) is 0 Å². The van der Waals surface area contributed by atoms with Crippen LogP contribution in [-0.2, 0) is 21.2 Å². The number of amides is 1. The fourth-order valence-electron chi connectivity index (χ4n) is 4.07. The number of hydrogen-bond acceptors (Lipinski definition) is 5. The SMILES string of the molecule is Cc1ccc(S(=O)(=O)N2CCN(CC(=O)NC3CCCc4occc43)CC2)cc1. The Balaban J connectivity index is 1.30. The van der Waals surface area contributed by atoms with Crippen LogP contribution in [0.4, 0.5) is 0 Å². The van der Waals surface area contributed by atoms with Crippen LogP contribution in [0.15, 0.2) is 45.9 Å². The number of sulfonamides is 1. The first-order valence-electron chi connectivity index (χ1n) is 10.1. The van der Waals surface area contributed by atoms with Crippen LogP contribution in [0.3, 0.4) is 0 Å². The average Bonchev–Trinajstić information content (AvgIpc) is 3.19. The number of fused-ring (bicyclic) bond motifs is 1. The summed E-state index contributed by atoms with van der Waals surface area (Å²) in [7, 11) is -3.48. The van der Waals surface area contributed by atoms with Gasteiger partial charge in [0.2, 0.25) is 15.9 Å². The summed E-state index contributed by atoms with van der Waals surface area (Å²) in [5.74, 6) is 0.940. The molecule has 1 unspecified atom stereocenters. The molecule has 2 heterocycles. The highest BCUT2D eigenvalue weighted by Crippen LogP contribution is 2.30. The van der Waals surface area contributed by atoms with Crippen molar-refractivity contribution in [2.45, 2.75) is 37.1 Å². The second-order valence-corrected chi connectivity index (χ2v) is 9.74. The molecule has 0 spiro atoms. The van der Waals surface area contributed by atoms with Crippen LogP contribution in [0.5, 0.6) is 0 Å². The van der Waals surface area contributed by atoms with Gasteiger partial charge in [0.1, 0.15) is 5.76 Å². The molecule has 1 aliphatic heterocycles. The van der Waals surface area contributed by atoms with Crippen LogP contribution in [0.2, 0.25) is 0 Å². The number of nitrogens with one attached hydrogen (secondary N) is 1. The zero-order valence-corrected chi connectivity index (χ0v) is 17.5. The zero-order chi connectivity index (χ0) is 20.4. The monoisotopic (exact) mass is 417 g/mol. The minimum absolute atomic E-state index is 0.00760. The van der Waals surface area contributed by atoms with Gasteiger partial charge in [0, 0.05) is 38.2 Å². The second-order valence-electron chi connectivity index (χ2n) is 7.80. The normalized spacial score (nSPS) is 20.9. The van der Waals surface area contributed by atoms with E-state index in [2.05, 4.69) is 5.32 Å². The number of rotatable bonds is 5. The third-order valence-corrected chi connectivity index (χ3v) is 7.66. The molecule has 1 atom stereocenters. The molecule has 4 rings (SSSR count). The molecule has 0 radical (unpaired) electrons. The lowest BCUT2D eigenvalue weighted by Crippen LogP contribution is -2.51. The highest BCUT2D eigenvalue weighted by Gasteiger charge is 2.30. The van der Waals surface area contributed by atoms with E-state index in [4.69, 9.17) is 4.42 Å². The molecule has 2 aromatic rings. The highest BCUT2D eigenvalue weighted by molar-refractivity contribution is 7.89. The Labute approximate surface area is 171 Å². The molecule has 1 aromatic carbocycles. The quantitative estimate of drug-likeness (QED) is 0.806. The summed E-state index contributed by atoms with van der Waals surface area (Å²) in [5, 5.41) is 3.11. The number of carbonyl (C=O) groups excluding carboxylic acids is 1. The molecule has 1 amide bonds. The minimum atomic E-state index is -3.48. The van der Waals surface area contributed by atoms with Gasteiger partial charge in [0.15, 0.2) is 0 Å². The van der Waals surface area contributed by atoms with E-state index in [1.165, 1.54) is 4.31 Å². The summed E-state index contributed by atoms with van der Waals surface area (Å²) in [6, 6.07) is 8.87. The van der Waals surface area contributed by atoms with Crippen LogP contribution in [-0.4, -0.2) is 56.3 Å². The van der Waals surface area contributed by atoms with E-state index >= 15 is 0 Å². The maximum Gasteiger partial charge on any atom is 0.243 e. The molecular weight excluding hydrogens is 390 g/mol. The van der Waals surface area contributed by atoms with Crippen LogP contribution in [0.1, 0.15) is 35.8 Å². The Morgan fingerprint density at radius 2 is 1.86 bits per heavy atom. The molecule has 1 N–H and O–H groups in total. The number of piperazine rings is 1. The summed E-state index contributed by atoms with van der Waals surface area (Å²) in [4.78, 5) is 14.9. The summed E-state index contributed by atoms with van der Waals surface area (Å²) in [6.07, 6.45) is 4.52. The lowest BCUT2D eigenvalue weighted by atomic mass is 9.93. The van der Waals surface area contributed by atoms with Crippen molar-refractivity contribution >= 4 is 15.9 Å². The van der Waals surface area contributed by atoms with Crippen molar-refractivity contribution in [2.75, 3.05) is 32.7 Å². The van der Waals surface area contributed by atoms with Gasteiger partial charge in [-0.05, 0) is 38.0 Å². The highest BCUT2D eigenvalue weighted by atomic mass is 32.2. The Hall–Kier alpha value is -2.16. The van der Waals surface area contributed by atoms with E-state index in [1.807, 2.05) is 30.0 Å². The first kappa shape index (κ1) is 20.1. The maximum absolute atomic E-state index is 12.8. The summed E-state index contributed by atoms with van der Waals surface area (Å²) in [6.45, 7) is 4.07. The van der Waals surface area contributed by atoms with Crippen LogP contribution < -0.4 is 5.32 Å². The predicted octanol–water partition coefficient (Wildman–Crippen LogP) is 2.09. The molecule has 1 saturated heterocycles. The van der Waals surface area contributed by atoms with E-state index in [0.717, 1.165) is 36.1 Å². The van der Waals surface area contributed by atoms with Gasteiger partial charge in [-0.2, -0.15) is 4.31 Å². The number of hydrogen-bond donors (Lipinski definition) is 1. The molecule has 29 heavy (non-hydrogen) atoms. The number of furan rings is 1. The summed E-state index contributed by atoms with van der Waals surface area (Å²) < 4.78 is 32.6. The van der Waals surface area contributed by atoms with Gasteiger partial charge in [-0.25, -0.2) is 8.42 Å². The molecule has 1 fully saturated rings. The van der Waals surface area contributed by atoms with E-state index < -0.39 is 10.0 Å². The lowest BCUT2D eigenvalue weighted by Gasteiger charge is -2.34. The molecule has 0 bridgehead atoms. The van der Waals surface area contributed by atoms with Gasteiger partial charge in [0.05, 0.1) is 23.7 Å². The minimum Gasteiger partial charge on any atom is -0.469 e. The van der Waals surface area contributed by atoms with Gasteiger partial charge in [-0.3, -0.25) is 9.69 Å². The summed E-state index contributed by atoms with van der Waals surface area (Å²) >= 11 is 0. The fourth-order valence-corrected chi connectivity index (χ4v) is 5.49. The molecule has 8 heteroatoms. The third-order valence-electron chi connectivity index (χ3n) is 5.74. The predicted molar refractivity (Wildman–Crippen MR) is 109 cm³/mol. The number of benzene rings is 1. The molecule has 1 aliphatic carbocycles. The van der Waals surface area contributed by atoms with Gasteiger partial charge in [-0.1, -0.05) is 17.7 Å². The number of aryl methyl sites for hydroxylation is 2. The second kappa shape index (κ2) is 8.30. The standard InChI is InChI=1S/C21H27N3O4S/c1-16-5-7-17(8-6-16)29(26,27)24-12-10-23(11-13-24)15-21(25)22-19-3-2-4-20-18(19)9-14-28-20/h5-9,14,19H,2-4,10-13,15H2,1H3,(H,22,25). The summed E-state index contributed by atoms with van der Waals surface area (Å²) in [5.41, 5.74) is 2.11. The first-order chi connectivity index (χ1) is 13.9. The molecule has 7 nitrogen and oxygen atoms in total. The Morgan fingerprint density at radius 3 is 2.59 bits per heavy atom. The number of nitrogens with zero attached hydrogens (tertiary/aromatic N) is 2. The van der Waals surface area contributed by atoms with E-state index in [1.54, 1.807) is 18.4 Å². The van der Waals surface area contributed by atoms with Crippen molar-refractivity contribution in [1.29, 1.82) is 0 Å². The molecule has 1 aromatic heterocycles. The third kappa shape index (κ3) is 4.39. The van der Waals surface area contributed by atoms with Gasteiger partial charge in [-0.15, -0.1) is 0 Å². The fraction of sp³-hybridized carbons (Fsp3) is 0.476. The molecule has 156 valence electrons. The molecule has 2 aliphatic rings. The van der Waals surface area contributed by atoms with Crippen molar-refractivity contribution in [1.82, 2.24) is 14.5 Å². The zero-order valence-electron chi connectivity index (χ0n) is 16.6. The van der Waals surface area contributed by atoms with Crippen molar-refractivity contribution in [3.05, 3.63) is 53.5 Å². The largest absolute Gasteiger partial charge is 0.469 e. The molecule has 0 saturated carbocycles. The van der Waals surface area contributed by atoms with Crippen molar-refractivity contribution in [2.24, 2.45) is 0 Å². The van der Waals surface area contributed by atoms with Crippen molar-refractivity contribution in [3.63, 3.8) is 0 Å². The van der Waals surface area contributed by atoms with Gasteiger partial charge < -0.3 is 9.73 Å². The van der Waals surface area contributed by atoms with Gasteiger partial charge in [0.25, 0.3) is 0 Å². The van der Waals surface area contributed by atoms with Crippen LogP contribution in [0, 0.1) is 6.92 Å². The Kier molecular flexibility index (Phi) is 5.76. The number of carbonyl (C=O) groups is 1.